The van der Waals surface area contributed by atoms with Gasteiger partial charge in [-0.2, -0.15) is 13.8 Å². The number of nitrogens with zero attached hydrogens (tertiary/aromatic N) is 10. The van der Waals surface area contributed by atoms with Gasteiger partial charge in [0.25, 0.3) is 11.8 Å². The van der Waals surface area contributed by atoms with E-state index >= 15 is 0 Å². The molecule has 0 unspecified atom stereocenters. The molecule has 1 amide bonds. The van der Waals surface area contributed by atoms with Gasteiger partial charge in [0.1, 0.15) is 11.2 Å². The summed E-state index contributed by atoms with van der Waals surface area (Å²) in [4.78, 5) is 30.5. The van der Waals surface area contributed by atoms with Crippen LogP contribution in [0.25, 0.3) is 34.0 Å². The highest BCUT2D eigenvalue weighted by Gasteiger charge is 2.32. The first-order valence-electron chi connectivity index (χ1n) is 13.3. The molecule has 5 heterocycles. The lowest BCUT2D eigenvalue weighted by Crippen LogP contribution is -2.50. The van der Waals surface area contributed by atoms with Gasteiger partial charge < -0.3 is 13.8 Å². The van der Waals surface area contributed by atoms with Gasteiger partial charge in [-0.15, -0.1) is 10.2 Å². The second-order valence-electron chi connectivity index (χ2n) is 9.76. The summed E-state index contributed by atoms with van der Waals surface area (Å²) in [6, 6.07) is 17.6. The number of alkyl halides is 2. The lowest BCUT2D eigenvalue weighted by Gasteiger charge is -2.38. The summed E-state index contributed by atoms with van der Waals surface area (Å²) in [5.41, 5.74) is 3.56. The molecule has 4 aromatic heterocycles. The van der Waals surface area contributed by atoms with Crippen molar-refractivity contribution in [2.75, 3.05) is 26.2 Å². The average molecular weight is 585 g/mol. The Morgan fingerprint density at radius 3 is 2.47 bits per heavy atom. The third kappa shape index (κ3) is 5.21. The summed E-state index contributed by atoms with van der Waals surface area (Å²) in [5, 5.41) is 15.0. The number of aromatic nitrogens is 8. The van der Waals surface area contributed by atoms with Crippen LogP contribution in [0.4, 0.5) is 8.78 Å². The van der Waals surface area contributed by atoms with Gasteiger partial charge in [0.15, 0.2) is 17.7 Å². The number of tetrazole rings is 1. The minimum Gasteiger partial charge on any atom is -0.436 e. The Morgan fingerprint density at radius 2 is 1.72 bits per heavy atom. The van der Waals surface area contributed by atoms with Gasteiger partial charge in [0.05, 0.1) is 6.04 Å². The number of hydrogen-bond acceptors (Lipinski definition) is 11. The van der Waals surface area contributed by atoms with Gasteiger partial charge in [-0.1, -0.05) is 40.3 Å². The number of hydrogen-bond donors (Lipinski definition) is 0. The molecule has 1 fully saturated rings. The SMILES string of the molecule is O=C(c1cc(-c2nc3cc(-c4ncno4)ccc3o2)ccn1)N1CCN([C@H](c2ccccc2)c2nnn(C(F)F)n2)CC1. The first-order valence-corrected chi connectivity index (χ1v) is 13.3. The molecule has 13 nitrogen and oxygen atoms in total. The highest BCUT2D eigenvalue weighted by atomic mass is 19.3. The van der Waals surface area contributed by atoms with Crippen LogP contribution in [-0.4, -0.2) is 82.2 Å². The summed E-state index contributed by atoms with van der Waals surface area (Å²) in [7, 11) is 0. The molecule has 0 radical (unpaired) electrons. The van der Waals surface area contributed by atoms with Crippen LogP contribution >= 0.6 is 0 Å². The third-order valence-corrected chi connectivity index (χ3v) is 7.17. The van der Waals surface area contributed by atoms with E-state index in [0.29, 0.717) is 65.0 Å². The van der Waals surface area contributed by atoms with E-state index < -0.39 is 12.6 Å². The third-order valence-electron chi connectivity index (χ3n) is 7.17. The van der Waals surface area contributed by atoms with Crippen molar-refractivity contribution in [3.05, 3.63) is 90.3 Å². The van der Waals surface area contributed by atoms with Crippen LogP contribution in [0.2, 0.25) is 0 Å². The van der Waals surface area contributed by atoms with Crippen molar-refractivity contribution in [3.63, 3.8) is 0 Å². The molecule has 43 heavy (non-hydrogen) atoms. The van der Waals surface area contributed by atoms with Crippen molar-refractivity contribution < 1.29 is 22.5 Å². The van der Waals surface area contributed by atoms with Gasteiger partial charge in [0, 0.05) is 43.5 Å². The summed E-state index contributed by atoms with van der Waals surface area (Å²) in [5.74, 6) is 0.640. The average Bonchev–Trinajstić information content (AvgIpc) is 3.83. The molecule has 0 saturated carbocycles. The van der Waals surface area contributed by atoms with Gasteiger partial charge in [-0.25, -0.2) is 4.98 Å². The smallest absolute Gasteiger partial charge is 0.350 e. The van der Waals surface area contributed by atoms with Crippen LogP contribution in [0.1, 0.15) is 34.5 Å². The number of carbonyl (C=O) groups excluding carboxylic acids is 1. The summed E-state index contributed by atoms with van der Waals surface area (Å²) in [6.07, 6.45) is 2.87. The maximum absolute atomic E-state index is 13.5. The second-order valence-corrected chi connectivity index (χ2v) is 9.76. The lowest BCUT2D eigenvalue weighted by atomic mass is 10.0. The van der Waals surface area contributed by atoms with Gasteiger partial charge >= 0.3 is 6.55 Å². The summed E-state index contributed by atoms with van der Waals surface area (Å²) < 4.78 is 37.4. The van der Waals surface area contributed by atoms with Crippen LogP contribution in [0, 0.1) is 0 Å². The van der Waals surface area contributed by atoms with Crippen molar-refractivity contribution in [2.24, 2.45) is 0 Å². The number of pyridine rings is 1. The van der Waals surface area contributed by atoms with Crippen molar-refractivity contribution in [1.29, 1.82) is 0 Å². The molecule has 15 heteroatoms. The number of carbonyl (C=O) groups is 1. The fourth-order valence-corrected chi connectivity index (χ4v) is 5.10. The number of benzene rings is 2. The predicted octanol–water partition coefficient (Wildman–Crippen LogP) is 3.87. The van der Waals surface area contributed by atoms with E-state index in [4.69, 9.17) is 8.94 Å². The van der Waals surface area contributed by atoms with Crippen molar-refractivity contribution in [1.82, 2.24) is 50.1 Å². The van der Waals surface area contributed by atoms with Crippen molar-refractivity contribution >= 4 is 17.0 Å². The van der Waals surface area contributed by atoms with E-state index in [2.05, 4.69) is 40.4 Å². The highest BCUT2D eigenvalue weighted by Crippen LogP contribution is 2.30. The Morgan fingerprint density at radius 1 is 0.907 bits per heavy atom. The molecular weight excluding hydrogens is 562 g/mol. The number of amides is 1. The van der Waals surface area contributed by atoms with Crippen LogP contribution < -0.4 is 0 Å². The van der Waals surface area contributed by atoms with Gasteiger partial charge in [0.2, 0.25) is 5.89 Å². The second kappa shape index (κ2) is 11.1. The lowest BCUT2D eigenvalue weighted by molar-refractivity contribution is 0.0385. The Labute approximate surface area is 241 Å². The van der Waals surface area contributed by atoms with Gasteiger partial charge in [-0.3, -0.25) is 14.7 Å². The summed E-state index contributed by atoms with van der Waals surface area (Å²) in [6.45, 7) is -1.19. The molecular formula is C28H22F2N10O3. The van der Waals surface area contributed by atoms with E-state index in [1.165, 1.54) is 6.33 Å². The standard InChI is InChI=1S/C28H22F2N10O3/c29-28(30)40-36-24(35-37-40)23(17-4-2-1-3-5-17)38-10-12-39(13-11-38)27(41)21-15-19(8-9-31-21)26-34-20-14-18(6-7-22(20)42-26)25-32-16-33-43-25/h1-9,14-16,23,28H,10-13H2/t23-/m1/s1. The van der Waals surface area contributed by atoms with Crippen LogP contribution in [-0.2, 0) is 0 Å². The fourth-order valence-electron chi connectivity index (χ4n) is 5.10. The first kappa shape index (κ1) is 26.5. The normalized spacial score (nSPS) is 14.9. The number of piperazine rings is 1. The van der Waals surface area contributed by atoms with Crippen molar-refractivity contribution in [2.45, 2.75) is 12.6 Å². The van der Waals surface area contributed by atoms with Crippen LogP contribution in [0.3, 0.4) is 0 Å². The fraction of sp³-hybridized carbons (Fsp3) is 0.214. The molecule has 0 aliphatic carbocycles. The summed E-state index contributed by atoms with van der Waals surface area (Å²) >= 11 is 0. The minimum atomic E-state index is -2.89. The zero-order valence-corrected chi connectivity index (χ0v) is 22.4. The number of halogens is 2. The number of fused-ring (bicyclic) bond motifs is 1. The van der Waals surface area contributed by atoms with Crippen LogP contribution in [0.15, 0.2) is 82.1 Å². The topological polar surface area (TPSA) is 145 Å². The maximum Gasteiger partial charge on any atom is 0.350 e. The first-order chi connectivity index (χ1) is 21.0. The van der Waals surface area contributed by atoms with E-state index in [-0.39, 0.29) is 17.4 Å². The molecule has 1 saturated heterocycles. The molecule has 1 aliphatic rings. The molecule has 0 spiro atoms. The van der Waals surface area contributed by atoms with E-state index in [1.54, 1.807) is 41.4 Å². The quantitative estimate of drug-likeness (QED) is 0.270. The molecule has 1 atom stereocenters. The minimum absolute atomic E-state index is 0.170. The highest BCUT2D eigenvalue weighted by molar-refractivity contribution is 5.93. The van der Waals surface area contributed by atoms with Gasteiger partial charge in [-0.05, 0) is 41.1 Å². The maximum atomic E-state index is 13.5. The number of rotatable bonds is 7. The molecule has 1 aliphatic heterocycles. The molecule has 216 valence electrons. The molecule has 0 N–H and O–H groups in total. The van der Waals surface area contributed by atoms with E-state index in [1.807, 2.05) is 30.3 Å². The Bertz CT molecular complexity index is 1870. The van der Waals surface area contributed by atoms with E-state index in [9.17, 15) is 13.6 Å². The Kier molecular flexibility index (Phi) is 6.82. The molecule has 0 bridgehead atoms. The zero-order valence-electron chi connectivity index (χ0n) is 22.4. The zero-order chi connectivity index (χ0) is 29.3. The van der Waals surface area contributed by atoms with Crippen molar-refractivity contribution in [3.8, 4) is 22.9 Å². The predicted molar refractivity (Wildman–Crippen MR) is 145 cm³/mol. The van der Waals surface area contributed by atoms with Crippen LogP contribution in [0.5, 0.6) is 0 Å². The molecule has 7 rings (SSSR count). The Hall–Kier alpha value is -5.44. The van der Waals surface area contributed by atoms with E-state index in [0.717, 1.165) is 5.56 Å². The Balaban J connectivity index is 1.08. The monoisotopic (exact) mass is 584 g/mol. The molecule has 6 aromatic rings. The largest absolute Gasteiger partial charge is 0.436 e. The number of oxazole rings is 1. The molecule has 2 aromatic carbocycles.